The lowest BCUT2D eigenvalue weighted by Gasteiger charge is -2.31. The molecule has 3 rings (SSSR count). The summed E-state index contributed by atoms with van der Waals surface area (Å²) in [5.41, 5.74) is 2.23. The van der Waals surface area contributed by atoms with E-state index in [1.54, 1.807) is 0 Å². The summed E-state index contributed by atoms with van der Waals surface area (Å²) in [4.78, 5) is 13.1. The van der Waals surface area contributed by atoms with Gasteiger partial charge in [-0.25, -0.2) is 0 Å². The van der Waals surface area contributed by atoms with E-state index >= 15 is 0 Å². The summed E-state index contributed by atoms with van der Waals surface area (Å²) in [6.07, 6.45) is 6.02. The molecule has 1 amide bonds. The van der Waals surface area contributed by atoms with Gasteiger partial charge in [-0.05, 0) is 56.0 Å². The van der Waals surface area contributed by atoms with Gasteiger partial charge in [0.25, 0.3) is 5.91 Å². The third-order valence-electron chi connectivity index (χ3n) is 5.42. The van der Waals surface area contributed by atoms with Gasteiger partial charge in [0.2, 0.25) is 0 Å². The highest BCUT2D eigenvalue weighted by Gasteiger charge is 2.39. The van der Waals surface area contributed by atoms with Gasteiger partial charge in [0.1, 0.15) is 18.0 Å². The molecule has 1 saturated carbocycles. The lowest BCUT2D eigenvalue weighted by Crippen LogP contribution is -2.45. The maximum atomic E-state index is 13.1. The second-order valence-electron chi connectivity index (χ2n) is 7.55. The van der Waals surface area contributed by atoms with E-state index in [-0.39, 0.29) is 5.91 Å². The first kappa shape index (κ1) is 20.4. The van der Waals surface area contributed by atoms with Crippen molar-refractivity contribution in [3.8, 4) is 5.75 Å². The van der Waals surface area contributed by atoms with Crippen molar-refractivity contribution in [2.24, 2.45) is 0 Å². The van der Waals surface area contributed by atoms with Gasteiger partial charge in [-0.2, -0.15) is 0 Å². The smallest absolute Gasteiger partial charge is 0.256 e. The Balaban J connectivity index is 1.66. The summed E-state index contributed by atoms with van der Waals surface area (Å²) in [7, 11) is 0. The molecule has 0 saturated heterocycles. The molecule has 1 fully saturated rings. The minimum absolute atomic E-state index is 0.0198. The third kappa shape index (κ3) is 5.14. The number of hydrogen-bond donors (Lipinski definition) is 1. The summed E-state index contributed by atoms with van der Waals surface area (Å²) in [6, 6.07) is 15.9. The zero-order valence-corrected chi connectivity index (χ0v) is 17.0. The van der Waals surface area contributed by atoms with E-state index in [1.165, 1.54) is 12.8 Å². The summed E-state index contributed by atoms with van der Waals surface area (Å²) >= 11 is 0. The Morgan fingerprint density at radius 1 is 1.04 bits per heavy atom. The van der Waals surface area contributed by atoms with Crippen LogP contribution in [0.15, 0.2) is 48.5 Å². The number of rotatable bonds is 7. The molecule has 0 atom stereocenters. The van der Waals surface area contributed by atoms with Crippen molar-refractivity contribution >= 4 is 11.6 Å². The standard InChI is InChI=1S/C24H31NO3/c1-3-28-24(15-9-4-5-10-16-24)23(26)25-21-13-14-22(19(2)17-21)27-18-20-11-7-6-8-12-20/h6-8,11-14,17H,3-5,9-10,15-16,18H2,1-2H3,(H,25,26). The molecule has 0 aliphatic heterocycles. The van der Waals surface area contributed by atoms with Gasteiger partial charge in [-0.15, -0.1) is 0 Å². The average Bonchev–Trinajstić information content (AvgIpc) is 2.95. The number of ether oxygens (including phenoxy) is 2. The number of anilines is 1. The van der Waals surface area contributed by atoms with E-state index in [2.05, 4.69) is 5.32 Å². The van der Waals surface area contributed by atoms with Crippen molar-refractivity contribution in [1.29, 1.82) is 0 Å². The maximum Gasteiger partial charge on any atom is 0.256 e. The molecule has 4 heteroatoms. The van der Waals surface area contributed by atoms with Crippen molar-refractivity contribution in [1.82, 2.24) is 0 Å². The van der Waals surface area contributed by atoms with Gasteiger partial charge in [0.05, 0.1) is 0 Å². The molecular weight excluding hydrogens is 350 g/mol. The first-order valence-corrected chi connectivity index (χ1v) is 10.4. The minimum atomic E-state index is -0.693. The van der Waals surface area contributed by atoms with E-state index in [1.807, 2.05) is 62.4 Å². The number of aryl methyl sites for hydroxylation is 1. The van der Waals surface area contributed by atoms with Crippen LogP contribution in [0.2, 0.25) is 0 Å². The second-order valence-corrected chi connectivity index (χ2v) is 7.55. The van der Waals surface area contributed by atoms with Crippen LogP contribution in [-0.4, -0.2) is 18.1 Å². The largest absolute Gasteiger partial charge is 0.489 e. The molecule has 4 nitrogen and oxygen atoms in total. The molecule has 0 heterocycles. The lowest BCUT2D eigenvalue weighted by atomic mass is 9.92. The lowest BCUT2D eigenvalue weighted by molar-refractivity contribution is -0.143. The molecule has 0 unspecified atom stereocenters. The average molecular weight is 382 g/mol. The Morgan fingerprint density at radius 2 is 1.75 bits per heavy atom. The number of hydrogen-bond acceptors (Lipinski definition) is 3. The van der Waals surface area contributed by atoms with Gasteiger partial charge >= 0.3 is 0 Å². The van der Waals surface area contributed by atoms with Crippen LogP contribution in [0.5, 0.6) is 5.75 Å². The Kier molecular flexibility index (Phi) is 7.10. The van der Waals surface area contributed by atoms with Crippen molar-refractivity contribution < 1.29 is 14.3 Å². The monoisotopic (exact) mass is 381 g/mol. The van der Waals surface area contributed by atoms with Gasteiger partial charge in [-0.1, -0.05) is 56.0 Å². The molecule has 2 aromatic carbocycles. The van der Waals surface area contributed by atoms with Crippen molar-refractivity contribution in [2.45, 2.75) is 64.6 Å². The Labute approximate surface area is 168 Å². The molecule has 1 aliphatic carbocycles. The summed E-state index contributed by atoms with van der Waals surface area (Å²) in [6.45, 7) is 5.04. The number of carbonyl (C=O) groups excluding carboxylic acids is 1. The van der Waals surface area contributed by atoms with Gasteiger partial charge in [0, 0.05) is 12.3 Å². The van der Waals surface area contributed by atoms with Crippen molar-refractivity contribution in [3.05, 3.63) is 59.7 Å². The SMILES string of the molecule is CCOC1(C(=O)Nc2ccc(OCc3ccccc3)c(C)c2)CCCCCC1. The topological polar surface area (TPSA) is 47.6 Å². The highest BCUT2D eigenvalue weighted by Crippen LogP contribution is 2.32. The van der Waals surface area contributed by atoms with Crippen molar-refractivity contribution in [3.63, 3.8) is 0 Å². The molecule has 0 bridgehead atoms. The molecule has 2 aromatic rings. The molecule has 0 spiro atoms. The predicted octanol–water partition coefficient (Wildman–Crippen LogP) is 5.64. The predicted molar refractivity (Wildman–Crippen MR) is 113 cm³/mol. The van der Waals surface area contributed by atoms with Crippen LogP contribution < -0.4 is 10.1 Å². The second kappa shape index (κ2) is 9.74. The number of carbonyl (C=O) groups is 1. The van der Waals surface area contributed by atoms with Crippen LogP contribution in [0, 0.1) is 6.92 Å². The van der Waals surface area contributed by atoms with Crippen LogP contribution in [-0.2, 0) is 16.1 Å². The molecule has 150 valence electrons. The summed E-state index contributed by atoms with van der Waals surface area (Å²) < 4.78 is 11.9. The highest BCUT2D eigenvalue weighted by molar-refractivity contribution is 5.97. The molecule has 28 heavy (non-hydrogen) atoms. The molecule has 1 aliphatic rings. The van der Waals surface area contributed by atoms with E-state index < -0.39 is 5.60 Å². The molecule has 0 aromatic heterocycles. The quantitative estimate of drug-likeness (QED) is 0.631. The Bertz CT molecular complexity index is 765. The summed E-state index contributed by atoms with van der Waals surface area (Å²) in [5, 5.41) is 3.09. The summed E-state index contributed by atoms with van der Waals surface area (Å²) in [5.74, 6) is 0.810. The maximum absolute atomic E-state index is 13.1. The van der Waals surface area contributed by atoms with Crippen LogP contribution >= 0.6 is 0 Å². The van der Waals surface area contributed by atoms with E-state index in [4.69, 9.17) is 9.47 Å². The normalized spacial score (nSPS) is 16.2. The van der Waals surface area contributed by atoms with Crippen LogP contribution in [0.4, 0.5) is 5.69 Å². The Morgan fingerprint density at radius 3 is 2.39 bits per heavy atom. The molecular formula is C24H31NO3. The fraction of sp³-hybridized carbons (Fsp3) is 0.458. The number of amides is 1. The first-order valence-electron chi connectivity index (χ1n) is 10.4. The van der Waals surface area contributed by atoms with E-state index in [0.29, 0.717) is 13.2 Å². The first-order chi connectivity index (χ1) is 13.6. The minimum Gasteiger partial charge on any atom is -0.489 e. The highest BCUT2D eigenvalue weighted by atomic mass is 16.5. The van der Waals surface area contributed by atoms with Crippen LogP contribution in [0.3, 0.4) is 0 Å². The van der Waals surface area contributed by atoms with E-state index in [0.717, 1.165) is 48.2 Å². The Hall–Kier alpha value is -2.33. The molecule has 1 N–H and O–H groups in total. The van der Waals surface area contributed by atoms with Crippen LogP contribution in [0.1, 0.15) is 56.6 Å². The van der Waals surface area contributed by atoms with Gasteiger partial charge in [-0.3, -0.25) is 4.79 Å². The van der Waals surface area contributed by atoms with Gasteiger partial charge in [0.15, 0.2) is 0 Å². The van der Waals surface area contributed by atoms with Crippen LogP contribution in [0.25, 0.3) is 0 Å². The third-order valence-corrected chi connectivity index (χ3v) is 5.42. The number of benzene rings is 2. The number of nitrogens with one attached hydrogen (secondary N) is 1. The molecule has 0 radical (unpaired) electrons. The zero-order chi connectivity index (χ0) is 19.8. The fourth-order valence-corrected chi connectivity index (χ4v) is 3.88. The fourth-order valence-electron chi connectivity index (χ4n) is 3.88. The van der Waals surface area contributed by atoms with E-state index in [9.17, 15) is 4.79 Å². The van der Waals surface area contributed by atoms with Gasteiger partial charge < -0.3 is 14.8 Å². The van der Waals surface area contributed by atoms with Crippen molar-refractivity contribution in [2.75, 3.05) is 11.9 Å². The zero-order valence-electron chi connectivity index (χ0n) is 17.0.